The molecule has 1 aliphatic rings. The van der Waals surface area contributed by atoms with Gasteiger partial charge in [0.2, 0.25) is 0 Å². The molecule has 4 aromatic carbocycles. The van der Waals surface area contributed by atoms with Crippen molar-refractivity contribution in [3.8, 4) is 17.2 Å². The maximum atomic E-state index is 14.0. The van der Waals surface area contributed by atoms with E-state index in [0.717, 1.165) is 16.9 Å². The molecule has 1 unspecified atom stereocenters. The lowest BCUT2D eigenvalue weighted by atomic mass is 9.95. The molecule has 45 heavy (non-hydrogen) atoms. The number of fused-ring (bicyclic) bond motifs is 2. The molecule has 0 amide bonds. The molecule has 0 saturated carbocycles. The molecule has 6 rings (SSSR count). The number of carbonyl (C=O) groups excluding carboxylic acids is 1. The number of ether oxygens (including phenoxy) is 4. The van der Waals surface area contributed by atoms with E-state index in [1.165, 1.54) is 22.1 Å². The Morgan fingerprint density at radius 3 is 2.47 bits per heavy atom. The molecule has 0 N–H and O–H groups in total. The van der Waals surface area contributed by atoms with Crippen LogP contribution in [0.2, 0.25) is 0 Å². The number of benzene rings is 4. The van der Waals surface area contributed by atoms with E-state index in [9.17, 15) is 9.59 Å². The van der Waals surface area contributed by atoms with E-state index in [2.05, 4.69) is 29.3 Å². The largest absolute Gasteiger partial charge is 0.493 e. The second-order valence-electron chi connectivity index (χ2n) is 10.4. The molecule has 2 heterocycles. The lowest BCUT2D eigenvalue weighted by Crippen LogP contribution is -2.39. The Morgan fingerprint density at radius 1 is 0.956 bits per heavy atom. The highest BCUT2D eigenvalue weighted by molar-refractivity contribution is 7.07. The summed E-state index contributed by atoms with van der Waals surface area (Å²) in [6.07, 6.45) is 1.83. The maximum Gasteiger partial charge on any atom is 0.338 e. The molecule has 5 aromatic rings. The van der Waals surface area contributed by atoms with Crippen molar-refractivity contribution in [3.63, 3.8) is 0 Å². The maximum absolute atomic E-state index is 14.0. The van der Waals surface area contributed by atoms with Crippen LogP contribution < -0.4 is 29.1 Å². The summed E-state index contributed by atoms with van der Waals surface area (Å²) in [7, 11) is 3.10. The number of carbonyl (C=O) groups is 1. The average molecular weight is 621 g/mol. The van der Waals surface area contributed by atoms with E-state index in [0.29, 0.717) is 44.3 Å². The monoisotopic (exact) mass is 620 g/mol. The predicted molar refractivity (Wildman–Crippen MR) is 175 cm³/mol. The number of aromatic nitrogens is 1. The van der Waals surface area contributed by atoms with Gasteiger partial charge in [-0.05, 0) is 71.7 Å². The first-order valence-electron chi connectivity index (χ1n) is 14.5. The smallest absolute Gasteiger partial charge is 0.338 e. The lowest BCUT2D eigenvalue weighted by Gasteiger charge is -2.25. The fraction of sp³-hybridized carbons (Fsp3) is 0.194. The summed E-state index contributed by atoms with van der Waals surface area (Å²) >= 11 is 1.27. The minimum absolute atomic E-state index is 0.195. The van der Waals surface area contributed by atoms with Crippen molar-refractivity contribution in [2.45, 2.75) is 26.5 Å². The molecular formula is C36H32N2O6S. The van der Waals surface area contributed by atoms with Crippen molar-refractivity contribution in [2.75, 3.05) is 20.8 Å². The summed E-state index contributed by atoms with van der Waals surface area (Å²) in [6.45, 7) is 4.14. The zero-order valence-electron chi connectivity index (χ0n) is 25.4. The molecule has 1 atom stereocenters. The van der Waals surface area contributed by atoms with E-state index in [4.69, 9.17) is 18.9 Å². The van der Waals surface area contributed by atoms with Crippen LogP contribution in [0.15, 0.2) is 106 Å². The van der Waals surface area contributed by atoms with Crippen LogP contribution in [-0.2, 0) is 16.1 Å². The molecule has 0 saturated heterocycles. The van der Waals surface area contributed by atoms with Gasteiger partial charge in [0.05, 0.1) is 42.7 Å². The second-order valence-corrected chi connectivity index (χ2v) is 11.4. The zero-order chi connectivity index (χ0) is 31.5. The number of hydrogen-bond acceptors (Lipinski definition) is 8. The Balaban J connectivity index is 1.34. The highest BCUT2D eigenvalue weighted by Crippen LogP contribution is 2.36. The summed E-state index contributed by atoms with van der Waals surface area (Å²) in [4.78, 5) is 32.3. The van der Waals surface area contributed by atoms with Crippen molar-refractivity contribution < 1.29 is 23.7 Å². The van der Waals surface area contributed by atoms with E-state index < -0.39 is 12.0 Å². The van der Waals surface area contributed by atoms with E-state index in [-0.39, 0.29) is 12.2 Å². The third kappa shape index (κ3) is 5.86. The fourth-order valence-corrected chi connectivity index (χ4v) is 6.57. The second kappa shape index (κ2) is 12.8. The van der Waals surface area contributed by atoms with Crippen LogP contribution >= 0.6 is 11.3 Å². The van der Waals surface area contributed by atoms with Crippen molar-refractivity contribution in [1.29, 1.82) is 0 Å². The van der Waals surface area contributed by atoms with Gasteiger partial charge in [-0.2, -0.15) is 0 Å². The van der Waals surface area contributed by atoms with E-state index in [1.807, 2.05) is 54.6 Å². The summed E-state index contributed by atoms with van der Waals surface area (Å²) in [5, 5.41) is 2.34. The molecule has 0 fully saturated rings. The van der Waals surface area contributed by atoms with Crippen LogP contribution in [0.4, 0.5) is 0 Å². The summed E-state index contributed by atoms with van der Waals surface area (Å²) in [5.41, 5.74) is 3.15. The van der Waals surface area contributed by atoms with Crippen molar-refractivity contribution in [1.82, 2.24) is 4.57 Å². The highest BCUT2D eigenvalue weighted by Gasteiger charge is 2.34. The highest BCUT2D eigenvalue weighted by atomic mass is 32.1. The number of rotatable bonds is 9. The molecule has 228 valence electrons. The molecule has 0 spiro atoms. The predicted octanol–water partition coefficient (Wildman–Crippen LogP) is 5.55. The van der Waals surface area contributed by atoms with Gasteiger partial charge < -0.3 is 18.9 Å². The number of nitrogens with zero attached hydrogens (tertiary/aromatic N) is 2. The van der Waals surface area contributed by atoms with E-state index >= 15 is 0 Å². The Bertz CT molecular complexity index is 2110. The van der Waals surface area contributed by atoms with E-state index in [1.54, 1.807) is 44.8 Å². The summed E-state index contributed by atoms with van der Waals surface area (Å²) in [5.74, 6) is 1.23. The summed E-state index contributed by atoms with van der Waals surface area (Å²) < 4.78 is 24.5. The SMILES string of the molecule is CCOC(=O)C1=C(C)N=c2s/c(=C/c3ccc(OCc4cccc5ccccc45)cc3)c(=O)n2C1c1ccc(OC)c(OC)c1. The van der Waals surface area contributed by atoms with Crippen LogP contribution in [0.25, 0.3) is 16.8 Å². The Hall–Kier alpha value is -5.15. The first-order chi connectivity index (χ1) is 21.9. The van der Waals surface area contributed by atoms with Gasteiger partial charge in [0.15, 0.2) is 16.3 Å². The molecule has 9 heteroatoms. The zero-order valence-corrected chi connectivity index (χ0v) is 26.2. The Labute approximate surface area is 264 Å². The standard InChI is InChI=1S/C36H32N2O6S/c1-5-43-35(40)32-22(2)37-36-38(33(32)25-15-18-29(41-3)30(20-25)42-4)34(39)31(45-36)19-23-13-16-27(17-14-23)44-21-26-11-8-10-24-9-6-7-12-28(24)26/h6-20,33H,5,21H2,1-4H3/b31-19+. The Kier molecular flexibility index (Phi) is 8.53. The average Bonchev–Trinajstić information content (AvgIpc) is 3.36. The number of allylic oxidation sites excluding steroid dienone is 1. The minimum atomic E-state index is -0.757. The molecule has 0 bridgehead atoms. The van der Waals surface area contributed by atoms with Crippen molar-refractivity contribution >= 4 is 34.2 Å². The quantitative estimate of drug-likeness (QED) is 0.201. The summed E-state index contributed by atoms with van der Waals surface area (Å²) in [6, 6.07) is 26.6. The Morgan fingerprint density at radius 2 is 1.71 bits per heavy atom. The first-order valence-corrected chi connectivity index (χ1v) is 15.3. The normalized spacial score (nSPS) is 14.6. The molecular weight excluding hydrogens is 588 g/mol. The minimum Gasteiger partial charge on any atom is -0.493 e. The van der Waals surface area contributed by atoms with Gasteiger partial charge in [-0.15, -0.1) is 0 Å². The lowest BCUT2D eigenvalue weighted by molar-refractivity contribution is -0.139. The molecule has 8 nitrogen and oxygen atoms in total. The molecule has 0 radical (unpaired) electrons. The fourth-order valence-electron chi connectivity index (χ4n) is 5.52. The van der Waals surface area contributed by atoms with Crippen LogP contribution in [0.3, 0.4) is 0 Å². The van der Waals surface area contributed by atoms with Crippen LogP contribution in [0, 0.1) is 0 Å². The number of hydrogen-bond donors (Lipinski definition) is 0. The van der Waals surface area contributed by atoms with Gasteiger partial charge in [-0.1, -0.05) is 72.0 Å². The number of methoxy groups -OCH3 is 2. The molecule has 1 aromatic heterocycles. The third-order valence-corrected chi connectivity index (χ3v) is 8.68. The number of thiazole rings is 1. The molecule has 0 aliphatic carbocycles. The molecule has 1 aliphatic heterocycles. The van der Waals surface area contributed by atoms with Gasteiger partial charge in [-0.3, -0.25) is 9.36 Å². The third-order valence-electron chi connectivity index (χ3n) is 7.69. The van der Waals surface area contributed by atoms with Gasteiger partial charge in [0.1, 0.15) is 12.4 Å². The van der Waals surface area contributed by atoms with Crippen molar-refractivity contribution in [3.05, 3.63) is 133 Å². The topological polar surface area (TPSA) is 88.4 Å². The van der Waals surface area contributed by atoms with Crippen molar-refractivity contribution in [2.24, 2.45) is 4.99 Å². The van der Waals surface area contributed by atoms with Crippen LogP contribution in [-0.4, -0.2) is 31.4 Å². The van der Waals surface area contributed by atoms with Gasteiger partial charge in [-0.25, -0.2) is 9.79 Å². The number of esters is 1. The van der Waals surface area contributed by atoms with Gasteiger partial charge in [0, 0.05) is 0 Å². The first kappa shape index (κ1) is 29.9. The van der Waals surface area contributed by atoms with Crippen LogP contribution in [0.5, 0.6) is 17.2 Å². The van der Waals surface area contributed by atoms with Gasteiger partial charge >= 0.3 is 5.97 Å². The van der Waals surface area contributed by atoms with Crippen LogP contribution in [0.1, 0.15) is 36.6 Å². The van der Waals surface area contributed by atoms with Gasteiger partial charge in [0.25, 0.3) is 5.56 Å².